The number of carbonyl (C=O) groups excluding carboxylic acids is 1. The predicted octanol–water partition coefficient (Wildman–Crippen LogP) is 5.19. The lowest BCUT2D eigenvalue weighted by molar-refractivity contribution is -0.115. The molecule has 5 nitrogen and oxygen atoms in total. The van der Waals surface area contributed by atoms with E-state index in [1.807, 2.05) is 48.5 Å². The van der Waals surface area contributed by atoms with Gasteiger partial charge < -0.3 is 9.67 Å². The summed E-state index contributed by atoms with van der Waals surface area (Å²) >= 11 is 4.96. The molecule has 0 fully saturated rings. The minimum atomic E-state index is -0.329. The van der Waals surface area contributed by atoms with Crippen LogP contribution >= 0.6 is 27.7 Å². The van der Waals surface area contributed by atoms with Crippen molar-refractivity contribution in [3.05, 3.63) is 58.6 Å². The summed E-state index contributed by atoms with van der Waals surface area (Å²) in [6.45, 7) is 0. The zero-order chi connectivity index (χ0) is 17.8. The molecule has 0 atom stereocenters. The third kappa shape index (κ3) is 3.93. The first kappa shape index (κ1) is 17.7. The van der Waals surface area contributed by atoms with Crippen LogP contribution in [0, 0.1) is 0 Å². The molecule has 3 rings (SSSR count). The molecule has 1 N–H and O–H groups in total. The number of hydrogen-bond donors (Lipinski definition) is 1. The number of azo groups is 1. The largest absolute Gasteiger partial charge is 0.493 e. The van der Waals surface area contributed by atoms with E-state index in [1.54, 1.807) is 11.6 Å². The predicted molar refractivity (Wildman–Crippen MR) is 104 cm³/mol. The van der Waals surface area contributed by atoms with E-state index < -0.39 is 0 Å². The summed E-state index contributed by atoms with van der Waals surface area (Å²) in [5, 5.41) is 18.7. The second-order valence-corrected chi connectivity index (χ2v) is 7.27. The van der Waals surface area contributed by atoms with Crippen molar-refractivity contribution in [1.29, 1.82) is 0 Å². The van der Waals surface area contributed by atoms with Gasteiger partial charge in [0.1, 0.15) is 0 Å². The first-order valence-electron chi connectivity index (χ1n) is 7.60. The number of hydrogen-bond acceptors (Lipinski definition) is 4. The summed E-state index contributed by atoms with van der Waals surface area (Å²) in [4.78, 5) is 12.0. The van der Waals surface area contributed by atoms with Gasteiger partial charge in [0.2, 0.25) is 5.88 Å². The van der Waals surface area contributed by atoms with Crippen molar-refractivity contribution in [1.82, 2.24) is 4.57 Å². The average molecular weight is 418 g/mol. The second kappa shape index (κ2) is 7.84. The normalized spacial score (nSPS) is 11.4. The van der Waals surface area contributed by atoms with Crippen molar-refractivity contribution in [2.75, 3.05) is 5.75 Å². The Hall–Kier alpha value is -2.12. The molecule has 25 heavy (non-hydrogen) atoms. The molecule has 2 aromatic carbocycles. The maximum absolute atomic E-state index is 12.0. The fraction of sp³-hybridized carbons (Fsp3) is 0.167. The number of halogens is 1. The highest BCUT2D eigenvalue weighted by Crippen LogP contribution is 2.37. The Morgan fingerprint density at radius 1 is 1.20 bits per heavy atom. The third-order valence-corrected chi connectivity index (χ3v) is 5.49. The molecule has 1 heterocycles. The summed E-state index contributed by atoms with van der Waals surface area (Å²) in [5.41, 5.74) is 2.29. The van der Waals surface area contributed by atoms with E-state index in [9.17, 15) is 9.90 Å². The van der Waals surface area contributed by atoms with E-state index in [2.05, 4.69) is 26.2 Å². The number of fused-ring (bicyclic) bond motifs is 1. The monoisotopic (exact) mass is 417 g/mol. The van der Waals surface area contributed by atoms with Gasteiger partial charge >= 0.3 is 0 Å². The lowest BCUT2D eigenvalue weighted by Crippen LogP contribution is -1.96. The number of aromatic hydroxyl groups is 1. The number of carbonyl (C=O) groups is 1. The quantitative estimate of drug-likeness (QED) is 0.580. The Morgan fingerprint density at radius 2 is 1.92 bits per heavy atom. The van der Waals surface area contributed by atoms with Crippen LogP contribution in [-0.2, 0) is 17.6 Å². The summed E-state index contributed by atoms with van der Waals surface area (Å²) in [6.07, 6.45) is 0. The zero-order valence-electron chi connectivity index (χ0n) is 13.5. The molecule has 0 aliphatic rings. The topological polar surface area (TPSA) is 66.9 Å². The number of benzene rings is 2. The molecular weight excluding hydrogens is 402 g/mol. The summed E-state index contributed by atoms with van der Waals surface area (Å²) in [6, 6.07) is 15.4. The van der Waals surface area contributed by atoms with E-state index in [0.29, 0.717) is 11.4 Å². The van der Waals surface area contributed by atoms with Gasteiger partial charge in [-0.15, -0.1) is 22.0 Å². The Bertz CT molecular complexity index is 953. The van der Waals surface area contributed by atoms with Crippen LogP contribution in [0.1, 0.15) is 5.56 Å². The highest BCUT2D eigenvalue weighted by Gasteiger charge is 2.14. The van der Waals surface area contributed by atoms with E-state index in [4.69, 9.17) is 0 Å². The zero-order valence-corrected chi connectivity index (χ0v) is 15.9. The van der Waals surface area contributed by atoms with Crippen LogP contribution in [0.25, 0.3) is 10.9 Å². The van der Waals surface area contributed by atoms with Crippen molar-refractivity contribution in [2.45, 2.75) is 5.75 Å². The van der Waals surface area contributed by atoms with E-state index in [0.717, 1.165) is 20.9 Å². The lowest BCUT2D eigenvalue weighted by atomic mass is 10.2. The minimum Gasteiger partial charge on any atom is -0.493 e. The number of rotatable bonds is 5. The summed E-state index contributed by atoms with van der Waals surface area (Å²) in [7, 11) is 1.74. The van der Waals surface area contributed by atoms with Crippen molar-refractivity contribution in [2.24, 2.45) is 17.3 Å². The van der Waals surface area contributed by atoms with Gasteiger partial charge in [0.05, 0.1) is 11.3 Å². The Kier molecular flexibility index (Phi) is 5.55. The van der Waals surface area contributed by atoms with Crippen molar-refractivity contribution >= 4 is 50.2 Å². The van der Waals surface area contributed by atoms with Gasteiger partial charge in [-0.1, -0.05) is 52.3 Å². The van der Waals surface area contributed by atoms with Crippen LogP contribution in [0.3, 0.4) is 0 Å². The third-order valence-electron chi connectivity index (χ3n) is 3.75. The Morgan fingerprint density at radius 3 is 2.72 bits per heavy atom. The SMILES string of the molecule is Cn1c(O)c(N=NC(=O)CSCc2ccccc2Br)c2ccccc21. The fourth-order valence-corrected chi connectivity index (χ4v) is 3.87. The molecule has 0 aliphatic carbocycles. The van der Waals surface area contributed by atoms with Gasteiger partial charge in [-0.25, -0.2) is 0 Å². The van der Waals surface area contributed by atoms with Gasteiger partial charge in [0.15, 0.2) is 5.69 Å². The Balaban J connectivity index is 1.65. The van der Waals surface area contributed by atoms with E-state index in [-0.39, 0.29) is 17.5 Å². The molecule has 0 spiro atoms. The highest BCUT2D eigenvalue weighted by atomic mass is 79.9. The number of aryl methyl sites for hydroxylation is 1. The first-order chi connectivity index (χ1) is 12.1. The van der Waals surface area contributed by atoms with Crippen LogP contribution < -0.4 is 0 Å². The number of amides is 1. The smallest absolute Gasteiger partial charge is 0.274 e. The lowest BCUT2D eigenvalue weighted by Gasteiger charge is -2.02. The highest BCUT2D eigenvalue weighted by molar-refractivity contribution is 9.10. The molecule has 1 amide bonds. The van der Waals surface area contributed by atoms with Crippen LogP contribution in [0.4, 0.5) is 5.69 Å². The van der Waals surface area contributed by atoms with Crippen molar-refractivity contribution in [3.8, 4) is 5.88 Å². The molecule has 0 saturated carbocycles. The Labute approximate surface area is 157 Å². The van der Waals surface area contributed by atoms with Crippen molar-refractivity contribution < 1.29 is 9.90 Å². The van der Waals surface area contributed by atoms with Crippen LogP contribution in [0.15, 0.2) is 63.2 Å². The maximum atomic E-state index is 12.0. The second-order valence-electron chi connectivity index (χ2n) is 5.43. The average Bonchev–Trinajstić information content (AvgIpc) is 2.86. The number of aromatic nitrogens is 1. The van der Waals surface area contributed by atoms with Gasteiger partial charge in [-0.3, -0.25) is 4.79 Å². The number of nitrogens with zero attached hydrogens (tertiary/aromatic N) is 3. The summed E-state index contributed by atoms with van der Waals surface area (Å²) in [5.74, 6) is 0.612. The van der Waals surface area contributed by atoms with Gasteiger partial charge in [0, 0.05) is 22.7 Å². The summed E-state index contributed by atoms with van der Waals surface area (Å²) < 4.78 is 2.65. The molecule has 1 aromatic heterocycles. The first-order valence-corrected chi connectivity index (χ1v) is 9.55. The molecule has 0 saturated heterocycles. The van der Waals surface area contributed by atoms with Crippen LogP contribution in [-0.4, -0.2) is 21.3 Å². The van der Waals surface area contributed by atoms with Crippen LogP contribution in [0.5, 0.6) is 5.88 Å². The number of thioether (sulfide) groups is 1. The molecule has 128 valence electrons. The molecule has 0 bridgehead atoms. The van der Waals surface area contributed by atoms with E-state index in [1.165, 1.54) is 11.8 Å². The molecule has 0 aliphatic heterocycles. The van der Waals surface area contributed by atoms with Crippen molar-refractivity contribution in [3.63, 3.8) is 0 Å². The molecular formula is C18H16BrN3O2S. The van der Waals surface area contributed by atoms with E-state index >= 15 is 0 Å². The fourth-order valence-electron chi connectivity index (χ4n) is 2.46. The maximum Gasteiger partial charge on any atom is 0.274 e. The standard InChI is InChI=1S/C18H16BrN3O2S/c1-22-15-9-5-3-7-13(15)17(18(22)24)21-20-16(23)11-25-10-12-6-2-4-8-14(12)19/h2-9,24H,10-11H2,1H3. The molecule has 3 aromatic rings. The van der Waals surface area contributed by atoms with Gasteiger partial charge in [0.25, 0.3) is 5.91 Å². The molecule has 7 heteroatoms. The van der Waals surface area contributed by atoms with Gasteiger partial charge in [-0.05, 0) is 17.7 Å². The molecule has 0 unspecified atom stereocenters. The van der Waals surface area contributed by atoms with Crippen LogP contribution in [0.2, 0.25) is 0 Å². The molecule has 0 radical (unpaired) electrons. The minimum absolute atomic E-state index is 0.00128. The van der Waals surface area contributed by atoms with Gasteiger partial charge in [-0.2, -0.15) is 0 Å². The number of para-hydroxylation sites is 1.